The first-order chi connectivity index (χ1) is 7.94. The molecule has 0 fully saturated rings. The topological polar surface area (TPSA) is 72.2 Å². The van der Waals surface area contributed by atoms with E-state index in [2.05, 4.69) is 4.72 Å². The van der Waals surface area contributed by atoms with Gasteiger partial charge in [0, 0.05) is 11.7 Å². The monoisotopic (exact) mass is 256 g/mol. The number of nitrogen functional groups attached to an aromatic ring is 1. The van der Waals surface area contributed by atoms with E-state index in [0.29, 0.717) is 12.1 Å². The van der Waals surface area contributed by atoms with Crippen LogP contribution >= 0.6 is 0 Å². The highest BCUT2D eigenvalue weighted by atomic mass is 32.2. The van der Waals surface area contributed by atoms with Crippen LogP contribution in [0, 0.1) is 0 Å². The molecule has 1 aromatic rings. The number of sulfonamides is 1. The van der Waals surface area contributed by atoms with E-state index in [9.17, 15) is 8.42 Å². The second-order valence-corrected chi connectivity index (χ2v) is 6.05. The van der Waals surface area contributed by atoms with Crippen molar-refractivity contribution in [2.75, 3.05) is 11.5 Å². The van der Waals surface area contributed by atoms with Gasteiger partial charge in [-0.05, 0) is 31.0 Å². The third kappa shape index (κ3) is 4.75. The quantitative estimate of drug-likeness (QED) is 0.765. The van der Waals surface area contributed by atoms with Crippen molar-refractivity contribution in [1.29, 1.82) is 0 Å². The molecule has 0 heterocycles. The normalized spacial score (nSPS) is 13.5. The molecule has 5 heteroatoms. The van der Waals surface area contributed by atoms with Gasteiger partial charge in [0.1, 0.15) is 0 Å². The molecule has 3 N–H and O–H groups in total. The molecule has 0 spiro atoms. The van der Waals surface area contributed by atoms with Crippen LogP contribution in [0.25, 0.3) is 0 Å². The number of rotatable bonds is 6. The maximum atomic E-state index is 11.7. The van der Waals surface area contributed by atoms with Crippen molar-refractivity contribution < 1.29 is 8.42 Å². The van der Waals surface area contributed by atoms with Crippen LogP contribution < -0.4 is 10.5 Å². The molecule has 0 amide bonds. The van der Waals surface area contributed by atoms with Crippen molar-refractivity contribution in [3.8, 4) is 0 Å². The first-order valence-corrected chi connectivity index (χ1v) is 7.45. The number of nitrogens with one attached hydrogen (secondary N) is 1. The Labute approximate surface area is 103 Å². The molecule has 1 unspecified atom stereocenters. The van der Waals surface area contributed by atoms with E-state index in [1.54, 1.807) is 12.1 Å². The summed E-state index contributed by atoms with van der Waals surface area (Å²) in [5.41, 5.74) is 7.17. The number of hydrogen-bond acceptors (Lipinski definition) is 3. The Morgan fingerprint density at radius 3 is 2.41 bits per heavy atom. The summed E-state index contributed by atoms with van der Waals surface area (Å²) in [6.07, 6.45) is 1.56. The minimum atomic E-state index is -3.18. The summed E-state index contributed by atoms with van der Waals surface area (Å²) in [5.74, 6) is 0.183. The molecule has 0 radical (unpaired) electrons. The Hall–Kier alpha value is -1.07. The summed E-state index contributed by atoms with van der Waals surface area (Å²) in [4.78, 5) is 0. The van der Waals surface area contributed by atoms with Crippen molar-refractivity contribution >= 4 is 15.7 Å². The summed E-state index contributed by atoms with van der Waals surface area (Å²) in [5, 5.41) is 0. The standard InChI is InChI=1S/C12H20N2O2S/c1-3-4-9-17(15,16)14-10(2)11-5-7-12(13)8-6-11/h5-8,10,14H,3-4,9,13H2,1-2H3. The van der Waals surface area contributed by atoms with E-state index in [1.165, 1.54) is 0 Å². The van der Waals surface area contributed by atoms with Crippen molar-refractivity contribution in [2.24, 2.45) is 0 Å². The van der Waals surface area contributed by atoms with Gasteiger partial charge in [-0.2, -0.15) is 0 Å². The minimum Gasteiger partial charge on any atom is -0.399 e. The Morgan fingerprint density at radius 1 is 1.29 bits per heavy atom. The van der Waals surface area contributed by atoms with Gasteiger partial charge in [-0.25, -0.2) is 13.1 Å². The Kier molecular flexibility index (Phi) is 4.96. The summed E-state index contributed by atoms with van der Waals surface area (Å²) in [6.45, 7) is 3.80. The number of nitrogens with two attached hydrogens (primary N) is 1. The van der Waals surface area contributed by atoms with Crippen LogP contribution in [0.4, 0.5) is 5.69 Å². The zero-order chi connectivity index (χ0) is 12.9. The average molecular weight is 256 g/mol. The minimum absolute atomic E-state index is 0.183. The summed E-state index contributed by atoms with van der Waals surface area (Å²) in [6, 6.07) is 6.99. The van der Waals surface area contributed by atoms with Gasteiger partial charge in [-0.15, -0.1) is 0 Å². The fourth-order valence-corrected chi connectivity index (χ4v) is 2.98. The smallest absolute Gasteiger partial charge is 0.212 e. The first-order valence-electron chi connectivity index (χ1n) is 5.80. The lowest BCUT2D eigenvalue weighted by Crippen LogP contribution is -2.29. The molecule has 0 saturated carbocycles. The van der Waals surface area contributed by atoms with Crippen LogP contribution in [0.1, 0.15) is 38.3 Å². The van der Waals surface area contributed by atoms with Gasteiger partial charge in [-0.1, -0.05) is 25.5 Å². The molecule has 0 aliphatic carbocycles. The molecule has 1 rings (SSSR count). The second-order valence-electron chi connectivity index (χ2n) is 4.18. The highest BCUT2D eigenvalue weighted by Crippen LogP contribution is 2.15. The van der Waals surface area contributed by atoms with Crippen LogP contribution in [0.15, 0.2) is 24.3 Å². The predicted octanol–water partition coefficient (Wildman–Crippen LogP) is 2.05. The van der Waals surface area contributed by atoms with Gasteiger partial charge in [0.2, 0.25) is 10.0 Å². The molecule has 17 heavy (non-hydrogen) atoms. The number of hydrogen-bond donors (Lipinski definition) is 2. The Bertz CT molecular complexity index is 440. The van der Waals surface area contributed by atoms with Gasteiger partial charge >= 0.3 is 0 Å². The van der Waals surface area contributed by atoms with E-state index in [0.717, 1.165) is 12.0 Å². The van der Waals surface area contributed by atoms with Gasteiger partial charge in [0.05, 0.1) is 5.75 Å². The lowest BCUT2D eigenvalue weighted by atomic mass is 10.1. The number of unbranched alkanes of at least 4 members (excludes halogenated alkanes) is 1. The van der Waals surface area contributed by atoms with Crippen LogP contribution in [0.2, 0.25) is 0 Å². The molecule has 0 aliphatic heterocycles. The Morgan fingerprint density at radius 2 is 1.88 bits per heavy atom. The SMILES string of the molecule is CCCCS(=O)(=O)NC(C)c1ccc(N)cc1. The van der Waals surface area contributed by atoms with Gasteiger partial charge in [-0.3, -0.25) is 0 Å². The lowest BCUT2D eigenvalue weighted by molar-refractivity contribution is 0.564. The highest BCUT2D eigenvalue weighted by Gasteiger charge is 2.14. The average Bonchev–Trinajstić information content (AvgIpc) is 2.26. The van der Waals surface area contributed by atoms with E-state index in [-0.39, 0.29) is 11.8 Å². The maximum Gasteiger partial charge on any atom is 0.212 e. The fourth-order valence-electron chi connectivity index (χ4n) is 1.52. The van der Waals surface area contributed by atoms with Crippen molar-refractivity contribution in [3.63, 3.8) is 0 Å². The molecule has 0 bridgehead atoms. The van der Waals surface area contributed by atoms with Gasteiger partial charge in [0.25, 0.3) is 0 Å². The third-order valence-electron chi connectivity index (χ3n) is 2.56. The van der Waals surface area contributed by atoms with Gasteiger partial charge in [0.15, 0.2) is 0 Å². The van der Waals surface area contributed by atoms with E-state index >= 15 is 0 Å². The number of anilines is 1. The van der Waals surface area contributed by atoms with E-state index in [4.69, 9.17) is 5.73 Å². The molecular formula is C12H20N2O2S. The van der Waals surface area contributed by atoms with E-state index in [1.807, 2.05) is 26.0 Å². The zero-order valence-corrected chi connectivity index (χ0v) is 11.1. The molecule has 4 nitrogen and oxygen atoms in total. The maximum absolute atomic E-state index is 11.7. The van der Waals surface area contributed by atoms with Crippen LogP contribution in [-0.4, -0.2) is 14.2 Å². The number of benzene rings is 1. The molecule has 0 aromatic heterocycles. The lowest BCUT2D eigenvalue weighted by Gasteiger charge is -2.14. The van der Waals surface area contributed by atoms with Crippen LogP contribution in [0.5, 0.6) is 0 Å². The van der Waals surface area contributed by atoms with Crippen LogP contribution in [-0.2, 0) is 10.0 Å². The van der Waals surface area contributed by atoms with Crippen molar-refractivity contribution in [1.82, 2.24) is 4.72 Å². The first kappa shape index (κ1) is 14.0. The van der Waals surface area contributed by atoms with E-state index < -0.39 is 10.0 Å². The third-order valence-corrected chi connectivity index (χ3v) is 4.10. The largest absolute Gasteiger partial charge is 0.399 e. The summed E-state index contributed by atoms with van der Waals surface area (Å²) < 4.78 is 26.1. The van der Waals surface area contributed by atoms with Crippen molar-refractivity contribution in [2.45, 2.75) is 32.7 Å². The summed E-state index contributed by atoms with van der Waals surface area (Å²) in [7, 11) is -3.18. The summed E-state index contributed by atoms with van der Waals surface area (Å²) >= 11 is 0. The Balaban J connectivity index is 2.65. The molecule has 1 atom stereocenters. The molecule has 1 aromatic carbocycles. The second kappa shape index (κ2) is 6.02. The molecule has 0 saturated heterocycles. The predicted molar refractivity (Wildman–Crippen MR) is 71.1 cm³/mol. The van der Waals surface area contributed by atoms with Crippen LogP contribution in [0.3, 0.4) is 0 Å². The zero-order valence-electron chi connectivity index (χ0n) is 10.3. The van der Waals surface area contributed by atoms with Crippen molar-refractivity contribution in [3.05, 3.63) is 29.8 Å². The molecule has 0 aliphatic rings. The molecule has 96 valence electrons. The highest BCUT2D eigenvalue weighted by molar-refractivity contribution is 7.89. The molecular weight excluding hydrogens is 236 g/mol. The fraction of sp³-hybridized carbons (Fsp3) is 0.500. The van der Waals surface area contributed by atoms with Gasteiger partial charge < -0.3 is 5.73 Å².